The number of benzene rings is 1. The first-order valence-corrected chi connectivity index (χ1v) is 12.4. The fraction of sp³-hybridized carbons (Fsp3) is 0.444. The number of amides is 1. The van der Waals surface area contributed by atoms with Gasteiger partial charge in [-0.3, -0.25) is 5.32 Å². The molecule has 31 heavy (non-hydrogen) atoms. The van der Waals surface area contributed by atoms with E-state index in [1.807, 2.05) is 0 Å². The van der Waals surface area contributed by atoms with Crippen molar-refractivity contribution in [3.05, 3.63) is 36.3 Å². The molecule has 0 unspecified atom stereocenters. The number of hydrogen-bond acceptors (Lipinski definition) is 7. The molecule has 2 heterocycles. The Hall–Kier alpha value is -2.48. The van der Waals surface area contributed by atoms with Gasteiger partial charge in [-0.15, -0.1) is 0 Å². The van der Waals surface area contributed by atoms with E-state index in [4.69, 9.17) is 0 Å². The number of aromatic nitrogens is 2. The summed E-state index contributed by atoms with van der Waals surface area (Å²) in [5.41, 5.74) is 0.393. The fourth-order valence-electron chi connectivity index (χ4n) is 3.16. The molecule has 2 aromatic rings. The van der Waals surface area contributed by atoms with Crippen molar-refractivity contribution in [1.82, 2.24) is 18.2 Å². The number of sulfonamides is 2. The van der Waals surface area contributed by atoms with Crippen molar-refractivity contribution in [2.45, 2.75) is 23.3 Å². The molecule has 13 heteroatoms. The van der Waals surface area contributed by atoms with Crippen LogP contribution >= 0.6 is 0 Å². The monoisotopic (exact) mass is 471 g/mol. The number of carbonyl (C=O) groups is 1. The molecular weight excluding hydrogens is 446 g/mol. The van der Waals surface area contributed by atoms with Gasteiger partial charge in [-0.05, 0) is 37.6 Å². The minimum Gasteiger partial charge on any atom is -0.453 e. The maximum atomic E-state index is 13.0. The number of nitrogens with zero attached hydrogens (tertiary/aromatic N) is 4. The molecule has 1 aliphatic rings. The van der Waals surface area contributed by atoms with Crippen LogP contribution < -0.4 is 5.32 Å². The molecule has 0 bridgehead atoms. The second-order valence-electron chi connectivity index (χ2n) is 7.04. The second-order valence-corrected chi connectivity index (χ2v) is 10.9. The van der Waals surface area contributed by atoms with Gasteiger partial charge in [-0.1, -0.05) is 0 Å². The van der Waals surface area contributed by atoms with E-state index in [9.17, 15) is 21.6 Å². The van der Waals surface area contributed by atoms with Crippen LogP contribution in [-0.2, 0) is 31.8 Å². The summed E-state index contributed by atoms with van der Waals surface area (Å²) >= 11 is 0. The second kappa shape index (κ2) is 8.94. The molecule has 1 aromatic carbocycles. The SMILES string of the molecule is COC(=O)Nc1ccc(S(=O)(=O)N2CCCN(S(=O)(=O)c3cn(C)c(C)n3)CC2)cc1. The molecule has 0 spiro atoms. The number of hydrogen-bond donors (Lipinski definition) is 1. The molecule has 1 amide bonds. The first-order valence-electron chi connectivity index (χ1n) is 9.51. The Morgan fingerprint density at radius 2 is 1.58 bits per heavy atom. The number of methoxy groups -OCH3 is 1. The van der Waals surface area contributed by atoms with Gasteiger partial charge in [-0.25, -0.2) is 26.6 Å². The Labute approximate surface area is 181 Å². The molecule has 170 valence electrons. The van der Waals surface area contributed by atoms with E-state index in [1.54, 1.807) is 18.5 Å². The highest BCUT2D eigenvalue weighted by molar-refractivity contribution is 7.89. The van der Waals surface area contributed by atoms with Gasteiger partial charge in [0.2, 0.25) is 10.0 Å². The van der Waals surface area contributed by atoms with Gasteiger partial charge >= 0.3 is 6.09 Å². The third-order valence-corrected chi connectivity index (χ3v) is 8.71. The summed E-state index contributed by atoms with van der Waals surface area (Å²) in [6.07, 6.45) is 1.15. The molecule has 0 saturated carbocycles. The number of rotatable bonds is 5. The summed E-state index contributed by atoms with van der Waals surface area (Å²) < 4.78 is 60.6. The lowest BCUT2D eigenvalue weighted by Gasteiger charge is -2.21. The van der Waals surface area contributed by atoms with Gasteiger partial charge in [0, 0.05) is 45.1 Å². The molecule has 0 radical (unpaired) electrons. The highest BCUT2D eigenvalue weighted by Crippen LogP contribution is 2.22. The van der Waals surface area contributed by atoms with Crippen molar-refractivity contribution in [3.8, 4) is 0 Å². The fourth-order valence-corrected chi connectivity index (χ4v) is 6.13. The number of aryl methyl sites for hydroxylation is 2. The zero-order valence-electron chi connectivity index (χ0n) is 17.5. The molecule has 1 saturated heterocycles. The minimum absolute atomic E-state index is 0.0234. The molecule has 0 aliphatic carbocycles. The number of anilines is 1. The van der Waals surface area contributed by atoms with Crippen molar-refractivity contribution < 1.29 is 26.4 Å². The van der Waals surface area contributed by atoms with E-state index in [2.05, 4.69) is 15.0 Å². The van der Waals surface area contributed by atoms with Crippen molar-refractivity contribution in [2.75, 3.05) is 38.6 Å². The van der Waals surface area contributed by atoms with Crippen molar-refractivity contribution in [2.24, 2.45) is 7.05 Å². The van der Waals surface area contributed by atoms with Gasteiger partial charge in [0.1, 0.15) is 5.82 Å². The molecule has 1 fully saturated rings. The van der Waals surface area contributed by atoms with Crippen LogP contribution in [0.2, 0.25) is 0 Å². The Kier molecular flexibility index (Phi) is 6.69. The summed E-state index contributed by atoms with van der Waals surface area (Å²) in [5, 5.41) is 2.41. The molecule has 3 rings (SSSR count). The first-order chi connectivity index (χ1) is 14.6. The third kappa shape index (κ3) is 4.89. The summed E-state index contributed by atoms with van der Waals surface area (Å²) in [5.74, 6) is 0.572. The van der Waals surface area contributed by atoms with E-state index < -0.39 is 26.1 Å². The van der Waals surface area contributed by atoms with Crippen LogP contribution in [0.3, 0.4) is 0 Å². The third-order valence-electron chi connectivity index (χ3n) is 5.03. The normalized spacial score (nSPS) is 16.6. The van der Waals surface area contributed by atoms with Crippen molar-refractivity contribution in [3.63, 3.8) is 0 Å². The minimum atomic E-state index is -3.82. The molecular formula is C18H25N5O6S2. The number of nitrogens with one attached hydrogen (secondary N) is 1. The average Bonchev–Trinajstić information content (AvgIpc) is 2.94. The molecule has 11 nitrogen and oxygen atoms in total. The quantitative estimate of drug-likeness (QED) is 0.688. The number of ether oxygens (including phenoxy) is 1. The van der Waals surface area contributed by atoms with E-state index in [0.717, 1.165) is 0 Å². The van der Waals surface area contributed by atoms with Crippen LogP contribution in [0, 0.1) is 6.92 Å². The Balaban J connectivity index is 1.74. The van der Waals surface area contributed by atoms with Gasteiger partial charge in [-0.2, -0.15) is 8.61 Å². The first kappa shape index (κ1) is 23.2. The van der Waals surface area contributed by atoms with Crippen LogP contribution in [0.15, 0.2) is 40.4 Å². The summed E-state index contributed by atoms with van der Waals surface area (Å²) in [7, 11) is -4.70. The summed E-state index contributed by atoms with van der Waals surface area (Å²) in [4.78, 5) is 15.4. The smallest absolute Gasteiger partial charge is 0.411 e. The molecule has 0 atom stereocenters. The number of imidazole rings is 1. The standard InChI is InChI=1S/C18H25N5O6S2/c1-14-19-17(13-21(14)2)31(27,28)23-10-4-9-22(11-12-23)30(25,26)16-7-5-15(6-8-16)20-18(24)29-3/h5-8,13H,4,9-12H2,1-3H3,(H,20,24). The van der Waals surface area contributed by atoms with Crippen LogP contribution in [0.4, 0.5) is 10.5 Å². The summed E-state index contributed by atoms with van der Waals surface area (Å²) in [6.45, 7) is 2.15. The zero-order valence-corrected chi connectivity index (χ0v) is 19.1. The van der Waals surface area contributed by atoms with Crippen molar-refractivity contribution >= 4 is 31.8 Å². The van der Waals surface area contributed by atoms with E-state index in [-0.39, 0.29) is 36.1 Å². The van der Waals surface area contributed by atoms with Crippen LogP contribution in [0.5, 0.6) is 0 Å². The van der Waals surface area contributed by atoms with E-state index in [0.29, 0.717) is 17.9 Å². The topological polar surface area (TPSA) is 131 Å². The highest BCUT2D eigenvalue weighted by Gasteiger charge is 2.33. The van der Waals surface area contributed by atoms with E-state index in [1.165, 1.54) is 46.2 Å². The number of carbonyl (C=O) groups excluding carboxylic acids is 1. The summed E-state index contributed by atoms with van der Waals surface area (Å²) in [6, 6.07) is 5.69. The lowest BCUT2D eigenvalue weighted by atomic mass is 10.3. The van der Waals surface area contributed by atoms with Gasteiger partial charge in [0.15, 0.2) is 5.03 Å². The predicted octanol–water partition coefficient (Wildman–Crippen LogP) is 0.992. The van der Waals surface area contributed by atoms with Gasteiger partial charge in [0.25, 0.3) is 10.0 Å². The molecule has 1 aromatic heterocycles. The van der Waals surface area contributed by atoms with Crippen LogP contribution in [0.25, 0.3) is 0 Å². The lowest BCUT2D eigenvalue weighted by Crippen LogP contribution is -2.37. The Morgan fingerprint density at radius 1 is 1.00 bits per heavy atom. The molecule has 1 aliphatic heterocycles. The van der Waals surface area contributed by atoms with Crippen molar-refractivity contribution in [1.29, 1.82) is 0 Å². The zero-order chi connectivity index (χ0) is 22.8. The van der Waals surface area contributed by atoms with Gasteiger partial charge in [0.05, 0.1) is 12.0 Å². The average molecular weight is 472 g/mol. The highest BCUT2D eigenvalue weighted by atomic mass is 32.2. The maximum Gasteiger partial charge on any atom is 0.411 e. The van der Waals surface area contributed by atoms with Gasteiger partial charge < -0.3 is 9.30 Å². The van der Waals surface area contributed by atoms with Crippen LogP contribution in [-0.4, -0.2) is 74.4 Å². The largest absolute Gasteiger partial charge is 0.453 e. The Bertz CT molecular complexity index is 1140. The maximum absolute atomic E-state index is 13.0. The molecule has 1 N–H and O–H groups in total. The Morgan fingerprint density at radius 3 is 2.10 bits per heavy atom. The lowest BCUT2D eigenvalue weighted by molar-refractivity contribution is 0.187. The predicted molar refractivity (Wildman–Crippen MR) is 113 cm³/mol. The van der Waals surface area contributed by atoms with Crippen LogP contribution in [0.1, 0.15) is 12.2 Å². The van der Waals surface area contributed by atoms with E-state index >= 15 is 0 Å².